The van der Waals surface area contributed by atoms with Crippen LogP contribution in [0.4, 0.5) is 5.95 Å². The molecular weight excluding hydrogens is 290 g/mol. The Hall–Kier alpha value is -2.47. The summed E-state index contributed by atoms with van der Waals surface area (Å²) >= 11 is 6.01. The molecule has 1 aromatic carbocycles. The third-order valence-corrected chi connectivity index (χ3v) is 3.51. The van der Waals surface area contributed by atoms with Crippen LogP contribution in [0.15, 0.2) is 24.5 Å². The van der Waals surface area contributed by atoms with Gasteiger partial charge in [-0.1, -0.05) is 17.7 Å². The highest BCUT2D eigenvalue weighted by Crippen LogP contribution is 2.19. The summed E-state index contributed by atoms with van der Waals surface area (Å²) < 4.78 is 0. The standard InChI is InChI=1S/C14H12ClN5O/c1-7-3-4-9(5-8(7)2)13(21)20-14-18-11(15)10-12(19-14)17-6-16-10/h3-6H,1-2H3,(H2,16,17,18,19,20,21). The number of nitrogens with one attached hydrogen (secondary N) is 2. The molecule has 6 nitrogen and oxygen atoms in total. The van der Waals surface area contributed by atoms with E-state index in [0.29, 0.717) is 16.7 Å². The van der Waals surface area contributed by atoms with Crippen molar-refractivity contribution in [3.63, 3.8) is 0 Å². The SMILES string of the molecule is Cc1ccc(C(=O)Nc2nc(Cl)c3[nH]cnc3n2)cc1C. The number of hydrogen-bond donors (Lipinski definition) is 2. The molecule has 3 rings (SSSR count). The van der Waals surface area contributed by atoms with Crippen molar-refractivity contribution < 1.29 is 4.79 Å². The Morgan fingerprint density at radius 3 is 2.81 bits per heavy atom. The second-order valence-corrected chi connectivity index (χ2v) is 5.05. The van der Waals surface area contributed by atoms with Gasteiger partial charge in [-0.3, -0.25) is 10.1 Å². The number of nitrogens with zero attached hydrogens (tertiary/aromatic N) is 3. The molecule has 0 aliphatic rings. The number of aryl methyl sites for hydroxylation is 2. The third kappa shape index (κ3) is 2.57. The number of H-pyrrole nitrogens is 1. The van der Waals surface area contributed by atoms with Gasteiger partial charge in [0.2, 0.25) is 5.95 Å². The second-order valence-electron chi connectivity index (χ2n) is 4.69. The number of aromatic amines is 1. The second kappa shape index (κ2) is 5.14. The van der Waals surface area contributed by atoms with Gasteiger partial charge in [-0.15, -0.1) is 0 Å². The number of anilines is 1. The first kappa shape index (κ1) is 13.5. The summed E-state index contributed by atoms with van der Waals surface area (Å²) in [6.07, 6.45) is 1.47. The van der Waals surface area contributed by atoms with Crippen LogP contribution >= 0.6 is 11.6 Å². The van der Waals surface area contributed by atoms with E-state index < -0.39 is 0 Å². The number of carbonyl (C=O) groups excluding carboxylic acids is 1. The fraction of sp³-hybridized carbons (Fsp3) is 0.143. The number of hydrogen-bond acceptors (Lipinski definition) is 4. The lowest BCUT2D eigenvalue weighted by Crippen LogP contribution is -2.14. The molecule has 7 heteroatoms. The van der Waals surface area contributed by atoms with E-state index in [4.69, 9.17) is 11.6 Å². The summed E-state index contributed by atoms with van der Waals surface area (Å²) in [6.45, 7) is 3.95. The molecule has 2 aromatic heterocycles. The van der Waals surface area contributed by atoms with Crippen LogP contribution in [-0.4, -0.2) is 25.8 Å². The van der Waals surface area contributed by atoms with Crippen LogP contribution in [0.1, 0.15) is 21.5 Å². The number of halogens is 1. The topological polar surface area (TPSA) is 83.6 Å². The van der Waals surface area contributed by atoms with Crippen molar-refractivity contribution >= 4 is 34.6 Å². The van der Waals surface area contributed by atoms with Crippen molar-refractivity contribution in [1.29, 1.82) is 0 Å². The Balaban J connectivity index is 1.90. The Kier molecular flexibility index (Phi) is 3.31. The molecule has 0 atom stereocenters. The van der Waals surface area contributed by atoms with Gasteiger partial charge in [0.15, 0.2) is 10.8 Å². The predicted octanol–water partition coefficient (Wildman–Crippen LogP) is 2.88. The van der Waals surface area contributed by atoms with Crippen LogP contribution in [0, 0.1) is 13.8 Å². The fourth-order valence-electron chi connectivity index (χ4n) is 1.91. The minimum absolute atomic E-state index is 0.128. The van der Waals surface area contributed by atoms with Gasteiger partial charge in [0.05, 0.1) is 6.33 Å². The average Bonchev–Trinajstić information content (AvgIpc) is 2.90. The molecule has 106 valence electrons. The van der Waals surface area contributed by atoms with Crippen LogP contribution < -0.4 is 5.32 Å². The third-order valence-electron chi connectivity index (χ3n) is 3.24. The molecule has 0 bridgehead atoms. The van der Waals surface area contributed by atoms with Crippen molar-refractivity contribution in [2.45, 2.75) is 13.8 Å². The monoisotopic (exact) mass is 301 g/mol. The van der Waals surface area contributed by atoms with E-state index in [9.17, 15) is 4.79 Å². The first-order valence-corrected chi connectivity index (χ1v) is 6.67. The Morgan fingerprint density at radius 1 is 1.24 bits per heavy atom. The molecular formula is C14H12ClN5O. The zero-order valence-corrected chi connectivity index (χ0v) is 12.2. The lowest BCUT2D eigenvalue weighted by atomic mass is 10.1. The Labute approximate surface area is 125 Å². The zero-order valence-electron chi connectivity index (χ0n) is 11.4. The lowest BCUT2D eigenvalue weighted by molar-refractivity contribution is 0.102. The summed E-state index contributed by atoms with van der Waals surface area (Å²) in [4.78, 5) is 27.2. The fourth-order valence-corrected chi connectivity index (χ4v) is 2.13. The molecule has 0 saturated heterocycles. The number of imidazole rings is 1. The van der Waals surface area contributed by atoms with E-state index in [1.807, 2.05) is 26.0 Å². The van der Waals surface area contributed by atoms with Crippen LogP contribution in [0.5, 0.6) is 0 Å². The van der Waals surface area contributed by atoms with E-state index >= 15 is 0 Å². The molecule has 21 heavy (non-hydrogen) atoms. The highest BCUT2D eigenvalue weighted by Gasteiger charge is 2.12. The molecule has 0 saturated carbocycles. The van der Waals surface area contributed by atoms with Crippen LogP contribution in [-0.2, 0) is 0 Å². The van der Waals surface area contributed by atoms with Crippen molar-refractivity contribution in [3.8, 4) is 0 Å². The normalized spacial score (nSPS) is 10.8. The summed E-state index contributed by atoms with van der Waals surface area (Å²) in [6, 6.07) is 5.47. The molecule has 1 amide bonds. The largest absolute Gasteiger partial charge is 0.341 e. The summed E-state index contributed by atoms with van der Waals surface area (Å²) in [5.74, 6) is -0.160. The van der Waals surface area contributed by atoms with Gasteiger partial charge in [0.25, 0.3) is 5.91 Å². The van der Waals surface area contributed by atoms with Crippen LogP contribution in [0.3, 0.4) is 0 Å². The first-order chi connectivity index (χ1) is 10.0. The van der Waals surface area contributed by atoms with Gasteiger partial charge in [-0.2, -0.15) is 9.97 Å². The number of amides is 1. The first-order valence-electron chi connectivity index (χ1n) is 6.30. The summed E-state index contributed by atoms with van der Waals surface area (Å²) in [7, 11) is 0. The number of rotatable bonds is 2. The smallest absolute Gasteiger partial charge is 0.258 e. The van der Waals surface area contributed by atoms with Gasteiger partial charge >= 0.3 is 0 Å². The minimum Gasteiger partial charge on any atom is -0.341 e. The zero-order chi connectivity index (χ0) is 15.0. The van der Waals surface area contributed by atoms with E-state index in [1.54, 1.807) is 6.07 Å². The quantitative estimate of drug-likeness (QED) is 0.713. The van der Waals surface area contributed by atoms with Crippen molar-refractivity contribution in [2.24, 2.45) is 0 Å². The van der Waals surface area contributed by atoms with Gasteiger partial charge in [0, 0.05) is 5.56 Å². The molecule has 0 aliphatic carbocycles. The van der Waals surface area contributed by atoms with E-state index in [1.165, 1.54) is 6.33 Å². The molecule has 0 fully saturated rings. The van der Waals surface area contributed by atoms with Gasteiger partial charge in [0.1, 0.15) is 5.52 Å². The molecule has 2 N–H and O–H groups in total. The maximum atomic E-state index is 12.2. The molecule has 0 radical (unpaired) electrons. The van der Waals surface area contributed by atoms with E-state index in [2.05, 4.69) is 25.3 Å². The summed E-state index contributed by atoms with van der Waals surface area (Å²) in [5, 5.41) is 2.84. The predicted molar refractivity (Wildman–Crippen MR) is 80.6 cm³/mol. The number of aromatic nitrogens is 4. The molecule has 2 heterocycles. The maximum Gasteiger partial charge on any atom is 0.258 e. The Bertz CT molecular complexity index is 842. The van der Waals surface area contributed by atoms with Gasteiger partial charge in [-0.25, -0.2) is 4.98 Å². The number of fused-ring (bicyclic) bond motifs is 1. The number of benzene rings is 1. The van der Waals surface area contributed by atoms with E-state index in [-0.39, 0.29) is 17.0 Å². The van der Waals surface area contributed by atoms with Gasteiger partial charge < -0.3 is 4.98 Å². The average molecular weight is 302 g/mol. The molecule has 0 aliphatic heterocycles. The highest BCUT2D eigenvalue weighted by molar-refractivity contribution is 6.33. The van der Waals surface area contributed by atoms with Crippen molar-refractivity contribution in [3.05, 3.63) is 46.4 Å². The molecule has 0 spiro atoms. The number of carbonyl (C=O) groups is 1. The maximum absolute atomic E-state index is 12.2. The Morgan fingerprint density at radius 2 is 2.05 bits per heavy atom. The minimum atomic E-state index is -0.288. The molecule has 3 aromatic rings. The lowest BCUT2D eigenvalue weighted by Gasteiger charge is -2.06. The summed E-state index contributed by atoms with van der Waals surface area (Å²) in [5.41, 5.74) is 3.67. The van der Waals surface area contributed by atoms with E-state index in [0.717, 1.165) is 11.1 Å². The van der Waals surface area contributed by atoms with Crippen molar-refractivity contribution in [2.75, 3.05) is 5.32 Å². The van der Waals surface area contributed by atoms with Gasteiger partial charge in [-0.05, 0) is 37.1 Å². The highest BCUT2D eigenvalue weighted by atomic mass is 35.5. The van der Waals surface area contributed by atoms with Crippen LogP contribution in [0.2, 0.25) is 5.15 Å². The van der Waals surface area contributed by atoms with Crippen LogP contribution in [0.25, 0.3) is 11.2 Å². The van der Waals surface area contributed by atoms with Crippen molar-refractivity contribution in [1.82, 2.24) is 19.9 Å². The molecule has 0 unspecified atom stereocenters.